The van der Waals surface area contributed by atoms with Crippen LogP contribution in [-0.2, 0) is 0 Å². The monoisotopic (exact) mass is 226 g/mol. The third-order valence-electron chi connectivity index (χ3n) is 2.43. The summed E-state index contributed by atoms with van der Waals surface area (Å²) in [7, 11) is 0. The number of aryl methyl sites for hydroxylation is 1. The molecule has 1 aromatic heterocycles. The molecule has 1 aromatic rings. The van der Waals surface area contributed by atoms with E-state index in [1.807, 2.05) is 0 Å². The highest BCUT2D eigenvalue weighted by Gasteiger charge is 1.87. The molecule has 0 saturated heterocycles. The molecule has 0 atom stereocenters. The van der Waals surface area contributed by atoms with Crippen molar-refractivity contribution in [3.05, 3.63) is 12.3 Å². The second-order valence-corrected chi connectivity index (χ2v) is 4.08. The number of hydrogen-bond acceptors (Lipinski definition) is 3. The summed E-state index contributed by atoms with van der Waals surface area (Å²) >= 11 is 0. The number of rotatable bonds is 7. The van der Waals surface area contributed by atoms with Crippen LogP contribution >= 0.6 is 0 Å². The fraction of sp³-hybridized carbons (Fsp3) is 0.846. The van der Waals surface area contributed by atoms with E-state index in [0.29, 0.717) is 5.89 Å². The smallest absolute Gasteiger partial charge is 0.213 e. The van der Waals surface area contributed by atoms with Gasteiger partial charge in [-0.15, -0.1) is 10.2 Å². The van der Waals surface area contributed by atoms with Gasteiger partial charge >= 0.3 is 0 Å². The van der Waals surface area contributed by atoms with Crippen molar-refractivity contribution in [3.8, 4) is 0 Å². The molecule has 0 aliphatic carbocycles. The van der Waals surface area contributed by atoms with Crippen LogP contribution in [0.2, 0.25) is 0 Å². The lowest BCUT2D eigenvalue weighted by atomic mass is 10.1. The summed E-state index contributed by atoms with van der Waals surface area (Å²) in [6, 6.07) is 0. The van der Waals surface area contributed by atoms with Gasteiger partial charge in [-0.05, 0) is 0 Å². The average molecular weight is 226 g/mol. The lowest BCUT2D eigenvalue weighted by Gasteiger charge is -1.97. The quantitative estimate of drug-likeness (QED) is 0.641. The number of nitrogens with zero attached hydrogens (tertiary/aromatic N) is 2. The van der Waals surface area contributed by atoms with Gasteiger partial charge in [-0.1, -0.05) is 65.2 Å². The Labute approximate surface area is 99.7 Å². The third kappa shape index (κ3) is 11.2. The summed E-state index contributed by atoms with van der Waals surface area (Å²) in [5, 5.41) is 6.91. The predicted molar refractivity (Wildman–Crippen MR) is 67.3 cm³/mol. The minimum Gasteiger partial charge on any atom is -0.428 e. The summed E-state index contributed by atoms with van der Waals surface area (Å²) in [6.07, 6.45) is 12.8. The fourth-order valence-electron chi connectivity index (χ4n) is 1.44. The van der Waals surface area contributed by atoms with Crippen molar-refractivity contribution in [3.63, 3.8) is 0 Å². The van der Waals surface area contributed by atoms with E-state index in [0.717, 1.165) is 0 Å². The molecule has 0 unspecified atom stereocenters. The van der Waals surface area contributed by atoms with Crippen molar-refractivity contribution in [1.29, 1.82) is 0 Å². The van der Waals surface area contributed by atoms with E-state index in [-0.39, 0.29) is 0 Å². The molecule has 0 amide bonds. The Hall–Kier alpha value is -0.860. The standard InChI is InChI=1S/C10H22.C3H4N2O/c1-3-5-7-9-10-8-6-4-2;1-3-5-4-2-6-3/h3-10H2,1-2H3;2H,1H3. The Bertz CT molecular complexity index is 202. The van der Waals surface area contributed by atoms with Crippen LogP contribution in [0.1, 0.15) is 71.1 Å². The van der Waals surface area contributed by atoms with Crippen LogP contribution in [0.15, 0.2) is 10.8 Å². The van der Waals surface area contributed by atoms with E-state index in [2.05, 4.69) is 28.5 Å². The van der Waals surface area contributed by atoms with Crippen LogP contribution < -0.4 is 0 Å². The number of aromatic nitrogens is 2. The summed E-state index contributed by atoms with van der Waals surface area (Å²) < 4.78 is 4.61. The van der Waals surface area contributed by atoms with E-state index in [1.54, 1.807) is 6.92 Å². The summed E-state index contributed by atoms with van der Waals surface area (Å²) in [5.41, 5.74) is 0. The second-order valence-electron chi connectivity index (χ2n) is 4.08. The highest BCUT2D eigenvalue weighted by molar-refractivity contribution is 4.60. The van der Waals surface area contributed by atoms with E-state index in [1.165, 1.54) is 57.8 Å². The predicted octanol–water partition coefficient (Wildman–Crippen LogP) is 4.53. The zero-order valence-electron chi connectivity index (χ0n) is 11.0. The maximum Gasteiger partial charge on any atom is 0.213 e. The van der Waals surface area contributed by atoms with Gasteiger partial charge in [0.15, 0.2) is 0 Å². The van der Waals surface area contributed by atoms with Crippen LogP contribution in [0.4, 0.5) is 0 Å². The molecule has 0 spiro atoms. The van der Waals surface area contributed by atoms with Crippen molar-refractivity contribution in [2.45, 2.75) is 72.1 Å². The molecule has 1 heterocycles. The van der Waals surface area contributed by atoms with E-state index >= 15 is 0 Å². The molecule has 0 N–H and O–H groups in total. The van der Waals surface area contributed by atoms with Gasteiger partial charge in [0.2, 0.25) is 12.3 Å². The number of hydrogen-bond donors (Lipinski definition) is 0. The fourth-order valence-corrected chi connectivity index (χ4v) is 1.44. The first-order valence-corrected chi connectivity index (χ1v) is 6.54. The largest absolute Gasteiger partial charge is 0.428 e. The van der Waals surface area contributed by atoms with Gasteiger partial charge in [0.25, 0.3) is 0 Å². The van der Waals surface area contributed by atoms with E-state index < -0.39 is 0 Å². The highest BCUT2D eigenvalue weighted by atomic mass is 16.4. The van der Waals surface area contributed by atoms with Gasteiger partial charge in [-0.3, -0.25) is 0 Å². The van der Waals surface area contributed by atoms with Crippen molar-refractivity contribution < 1.29 is 4.42 Å². The summed E-state index contributed by atoms with van der Waals surface area (Å²) in [6.45, 7) is 6.28. The van der Waals surface area contributed by atoms with Crippen LogP contribution in [0.3, 0.4) is 0 Å². The van der Waals surface area contributed by atoms with E-state index in [4.69, 9.17) is 0 Å². The molecule has 16 heavy (non-hydrogen) atoms. The van der Waals surface area contributed by atoms with E-state index in [9.17, 15) is 0 Å². The maximum atomic E-state index is 4.61. The topological polar surface area (TPSA) is 38.9 Å². The zero-order chi connectivity index (χ0) is 12.1. The van der Waals surface area contributed by atoms with Crippen LogP contribution in [0.25, 0.3) is 0 Å². The lowest BCUT2D eigenvalue weighted by Crippen LogP contribution is -1.77. The lowest BCUT2D eigenvalue weighted by molar-refractivity contribution is 0.518. The number of unbranched alkanes of at least 4 members (excludes halogenated alkanes) is 7. The molecule has 0 aliphatic rings. The highest BCUT2D eigenvalue weighted by Crippen LogP contribution is 2.07. The molecule has 0 saturated carbocycles. The van der Waals surface area contributed by atoms with Crippen molar-refractivity contribution >= 4 is 0 Å². The normalized spacial score (nSPS) is 9.69. The van der Waals surface area contributed by atoms with Gasteiger partial charge in [0.1, 0.15) is 0 Å². The summed E-state index contributed by atoms with van der Waals surface area (Å²) in [5.74, 6) is 0.606. The Kier molecular flexibility index (Phi) is 11.6. The molecule has 0 fully saturated rings. The molecule has 3 nitrogen and oxygen atoms in total. The molecular formula is C13H26N2O. The molecular weight excluding hydrogens is 200 g/mol. The second kappa shape index (κ2) is 12.2. The minimum absolute atomic E-state index is 0.606. The molecule has 0 radical (unpaired) electrons. The molecule has 0 aromatic carbocycles. The SMILES string of the molecule is CCCCCCCCCC.Cc1nnco1. The molecule has 1 rings (SSSR count). The van der Waals surface area contributed by atoms with Gasteiger partial charge in [0, 0.05) is 6.92 Å². The van der Waals surface area contributed by atoms with Crippen LogP contribution in [0.5, 0.6) is 0 Å². The molecule has 0 bridgehead atoms. The average Bonchev–Trinajstić information content (AvgIpc) is 2.75. The molecule has 3 heteroatoms. The summed E-state index contributed by atoms with van der Waals surface area (Å²) in [4.78, 5) is 0. The van der Waals surface area contributed by atoms with Gasteiger partial charge < -0.3 is 4.42 Å². The maximum absolute atomic E-state index is 4.61. The molecule has 94 valence electrons. The van der Waals surface area contributed by atoms with Gasteiger partial charge in [-0.25, -0.2) is 0 Å². The first-order chi connectivity index (χ1) is 7.81. The first-order valence-electron chi connectivity index (χ1n) is 6.54. The van der Waals surface area contributed by atoms with Gasteiger partial charge in [-0.2, -0.15) is 0 Å². The Morgan fingerprint density at radius 1 is 0.938 bits per heavy atom. The van der Waals surface area contributed by atoms with Crippen LogP contribution in [-0.4, -0.2) is 10.2 Å². The van der Waals surface area contributed by atoms with Crippen LogP contribution in [0, 0.1) is 6.92 Å². The Morgan fingerprint density at radius 2 is 1.44 bits per heavy atom. The van der Waals surface area contributed by atoms with Crippen molar-refractivity contribution in [2.75, 3.05) is 0 Å². The van der Waals surface area contributed by atoms with Crippen molar-refractivity contribution in [2.24, 2.45) is 0 Å². The van der Waals surface area contributed by atoms with Gasteiger partial charge in [0.05, 0.1) is 0 Å². The Morgan fingerprint density at radius 3 is 1.69 bits per heavy atom. The third-order valence-corrected chi connectivity index (χ3v) is 2.43. The first kappa shape index (κ1) is 15.1. The minimum atomic E-state index is 0.606. The Balaban J connectivity index is 0.000000315. The van der Waals surface area contributed by atoms with Crippen molar-refractivity contribution in [1.82, 2.24) is 10.2 Å². The zero-order valence-corrected chi connectivity index (χ0v) is 11.0. The molecule has 0 aliphatic heterocycles.